The Balaban J connectivity index is 1.67. The Labute approximate surface area is 198 Å². The molecular formula is C28H27NO5. The first-order valence-corrected chi connectivity index (χ1v) is 11.4. The largest absolute Gasteiger partial charge is 0.496 e. The van der Waals surface area contributed by atoms with Crippen LogP contribution < -0.4 is 19.1 Å². The van der Waals surface area contributed by atoms with Crippen molar-refractivity contribution in [2.45, 2.75) is 31.6 Å². The van der Waals surface area contributed by atoms with Crippen molar-refractivity contribution in [1.29, 1.82) is 0 Å². The van der Waals surface area contributed by atoms with Gasteiger partial charge in [0, 0.05) is 47.3 Å². The molecule has 34 heavy (non-hydrogen) atoms. The average Bonchev–Trinajstić information content (AvgIpc) is 2.87. The second-order valence-electron chi connectivity index (χ2n) is 8.60. The van der Waals surface area contributed by atoms with E-state index in [-0.39, 0.29) is 18.1 Å². The van der Waals surface area contributed by atoms with Crippen molar-refractivity contribution in [3.63, 3.8) is 0 Å². The second-order valence-corrected chi connectivity index (χ2v) is 8.60. The highest BCUT2D eigenvalue weighted by Gasteiger charge is 2.41. The van der Waals surface area contributed by atoms with E-state index in [2.05, 4.69) is 0 Å². The maximum absolute atomic E-state index is 13.6. The van der Waals surface area contributed by atoms with Gasteiger partial charge in [-0.25, -0.2) is 0 Å². The summed E-state index contributed by atoms with van der Waals surface area (Å²) in [6, 6.07) is 17.6. The number of fused-ring (bicyclic) bond motifs is 1. The standard InChI is InChI=1S/C28H27NO5/c1-32-24-16-26(34-3)25(33-2)14-20(24)21-15-27(31)29(22-9-6-10-23(30)28(21)22)19-12-11-17-7-4-5-8-18(17)13-19/h4-5,7-8,11-14,16,21H,6,9-10,15H2,1-3H3. The molecule has 0 N–H and O–H groups in total. The van der Waals surface area contributed by atoms with Crippen LogP contribution in [0.4, 0.5) is 5.69 Å². The van der Waals surface area contributed by atoms with Gasteiger partial charge in [0.2, 0.25) is 5.91 Å². The van der Waals surface area contributed by atoms with Gasteiger partial charge in [0.05, 0.1) is 21.3 Å². The molecule has 6 nitrogen and oxygen atoms in total. The van der Waals surface area contributed by atoms with E-state index in [1.165, 1.54) is 0 Å². The van der Waals surface area contributed by atoms with Crippen molar-refractivity contribution in [3.05, 3.63) is 71.4 Å². The van der Waals surface area contributed by atoms with Crippen LogP contribution in [0.15, 0.2) is 65.9 Å². The van der Waals surface area contributed by atoms with E-state index < -0.39 is 5.92 Å². The summed E-state index contributed by atoms with van der Waals surface area (Å²) in [4.78, 5) is 28.7. The number of carbonyl (C=O) groups is 2. The van der Waals surface area contributed by atoms with E-state index in [0.717, 1.165) is 34.1 Å². The van der Waals surface area contributed by atoms with Gasteiger partial charge in [-0.05, 0) is 41.8 Å². The van der Waals surface area contributed by atoms with Crippen LogP contribution in [0.5, 0.6) is 17.2 Å². The van der Waals surface area contributed by atoms with Crippen molar-refractivity contribution in [2.24, 2.45) is 0 Å². The van der Waals surface area contributed by atoms with Crippen LogP contribution >= 0.6 is 0 Å². The lowest BCUT2D eigenvalue weighted by Gasteiger charge is -2.38. The summed E-state index contributed by atoms with van der Waals surface area (Å²) in [5.74, 6) is 1.29. The van der Waals surface area contributed by atoms with Crippen molar-refractivity contribution in [1.82, 2.24) is 0 Å². The summed E-state index contributed by atoms with van der Waals surface area (Å²) in [7, 11) is 4.71. The number of rotatable bonds is 5. The topological polar surface area (TPSA) is 65.1 Å². The monoisotopic (exact) mass is 457 g/mol. The second kappa shape index (κ2) is 8.86. The molecule has 3 aromatic carbocycles. The van der Waals surface area contributed by atoms with Crippen LogP contribution in [0.3, 0.4) is 0 Å². The minimum absolute atomic E-state index is 0.0365. The quantitative estimate of drug-likeness (QED) is 0.514. The van der Waals surface area contributed by atoms with Gasteiger partial charge in [-0.3, -0.25) is 14.5 Å². The van der Waals surface area contributed by atoms with E-state index >= 15 is 0 Å². The average molecular weight is 458 g/mol. The molecule has 0 fully saturated rings. The van der Waals surface area contributed by atoms with Gasteiger partial charge < -0.3 is 14.2 Å². The molecule has 0 bridgehead atoms. The number of allylic oxidation sites excluding steroid dienone is 2. The highest BCUT2D eigenvalue weighted by Crippen LogP contribution is 2.48. The fourth-order valence-electron chi connectivity index (χ4n) is 5.20. The van der Waals surface area contributed by atoms with Crippen LogP contribution in [0.25, 0.3) is 10.8 Å². The molecule has 0 saturated carbocycles. The number of carbonyl (C=O) groups excluding carboxylic acids is 2. The van der Waals surface area contributed by atoms with Crippen LogP contribution in [-0.2, 0) is 9.59 Å². The zero-order chi connectivity index (χ0) is 23.8. The van der Waals surface area contributed by atoms with Gasteiger partial charge >= 0.3 is 0 Å². The Morgan fingerprint density at radius 2 is 1.50 bits per heavy atom. The number of amides is 1. The minimum atomic E-state index is -0.401. The van der Waals surface area contributed by atoms with Gasteiger partial charge in [-0.2, -0.15) is 0 Å². The zero-order valence-corrected chi connectivity index (χ0v) is 19.6. The van der Waals surface area contributed by atoms with Crippen LogP contribution in [0, 0.1) is 0 Å². The lowest BCUT2D eigenvalue weighted by atomic mass is 9.76. The molecule has 0 spiro atoms. The van der Waals surface area contributed by atoms with Gasteiger partial charge in [0.25, 0.3) is 0 Å². The third-order valence-electron chi connectivity index (χ3n) is 6.78. The molecular weight excluding hydrogens is 430 g/mol. The van der Waals surface area contributed by atoms with Crippen molar-refractivity contribution in [2.75, 3.05) is 26.2 Å². The molecule has 0 aromatic heterocycles. The van der Waals surface area contributed by atoms with Gasteiger partial charge in [0.15, 0.2) is 17.3 Å². The maximum atomic E-state index is 13.6. The predicted octanol–water partition coefficient (Wildman–Crippen LogP) is 5.39. The van der Waals surface area contributed by atoms with Crippen LogP contribution in [-0.4, -0.2) is 33.0 Å². The van der Waals surface area contributed by atoms with Crippen molar-refractivity contribution < 1.29 is 23.8 Å². The van der Waals surface area contributed by atoms with E-state index in [1.807, 2.05) is 48.5 Å². The molecule has 3 aromatic rings. The molecule has 2 aliphatic rings. The van der Waals surface area contributed by atoms with E-state index in [0.29, 0.717) is 35.7 Å². The summed E-state index contributed by atoms with van der Waals surface area (Å²) in [6.07, 6.45) is 2.05. The third-order valence-corrected chi connectivity index (χ3v) is 6.78. The number of anilines is 1. The van der Waals surface area contributed by atoms with Crippen LogP contribution in [0.1, 0.15) is 37.2 Å². The third kappa shape index (κ3) is 3.59. The number of hydrogen-bond acceptors (Lipinski definition) is 5. The first-order valence-electron chi connectivity index (χ1n) is 11.4. The summed E-state index contributed by atoms with van der Waals surface area (Å²) in [6.45, 7) is 0. The molecule has 1 aliphatic carbocycles. The number of ketones is 1. The summed E-state index contributed by atoms with van der Waals surface area (Å²) in [5.41, 5.74) is 3.05. The van der Waals surface area contributed by atoms with E-state index in [9.17, 15) is 9.59 Å². The molecule has 1 heterocycles. The normalized spacial score (nSPS) is 18.2. The number of Topliss-reactive ketones (excluding diaryl/α,β-unsaturated/α-hetero) is 1. The minimum Gasteiger partial charge on any atom is -0.496 e. The summed E-state index contributed by atoms with van der Waals surface area (Å²) < 4.78 is 16.6. The van der Waals surface area contributed by atoms with Gasteiger partial charge in [0.1, 0.15) is 5.75 Å². The van der Waals surface area contributed by atoms with E-state index in [4.69, 9.17) is 14.2 Å². The Kier molecular flexibility index (Phi) is 5.74. The first-order chi connectivity index (χ1) is 16.5. The van der Waals surface area contributed by atoms with Crippen LogP contribution in [0.2, 0.25) is 0 Å². The number of ether oxygens (including phenoxy) is 3. The van der Waals surface area contributed by atoms with Gasteiger partial charge in [-0.15, -0.1) is 0 Å². The summed E-state index contributed by atoms with van der Waals surface area (Å²) >= 11 is 0. The molecule has 0 saturated heterocycles. The lowest BCUT2D eigenvalue weighted by molar-refractivity contribution is -0.119. The molecule has 174 valence electrons. The fraction of sp³-hybridized carbons (Fsp3) is 0.286. The Hall–Kier alpha value is -3.80. The number of methoxy groups -OCH3 is 3. The number of benzene rings is 3. The number of hydrogen-bond donors (Lipinski definition) is 0. The molecule has 1 aliphatic heterocycles. The predicted molar refractivity (Wildman–Crippen MR) is 131 cm³/mol. The SMILES string of the molecule is COc1cc(OC)c(C2CC(=O)N(c3ccc4ccccc4c3)C3=C2C(=O)CCC3)cc1OC. The lowest BCUT2D eigenvalue weighted by Crippen LogP contribution is -2.40. The Morgan fingerprint density at radius 3 is 2.24 bits per heavy atom. The maximum Gasteiger partial charge on any atom is 0.232 e. The van der Waals surface area contributed by atoms with Crippen molar-refractivity contribution in [3.8, 4) is 17.2 Å². The van der Waals surface area contributed by atoms with Crippen molar-refractivity contribution >= 4 is 28.2 Å². The fourth-order valence-corrected chi connectivity index (χ4v) is 5.20. The number of nitrogens with zero attached hydrogens (tertiary/aromatic N) is 1. The smallest absolute Gasteiger partial charge is 0.232 e. The summed E-state index contributed by atoms with van der Waals surface area (Å²) in [5, 5.41) is 2.17. The van der Waals surface area contributed by atoms with E-state index in [1.54, 1.807) is 32.3 Å². The molecule has 1 unspecified atom stereocenters. The van der Waals surface area contributed by atoms with Gasteiger partial charge in [-0.1, -0.05) is 30.3 Å². The Morgan fingerprint density at radius 1 is 0.794 bits per heavy atom. The molecule has 1 atom stereocenters. The molecule has 6 heteroatoms. The molecule has 5 rings (SSSR count). The highest BCUT2D eigenvalue weighted by molar-refractivity contribution is 6.08. The first kappa shape index (κ1) is 22.0. The molecule has 0 radical (unpaired) electrons. The Bertz CT molecular complexity index is 1330. The molecule has 1 amide bonds. The zero-order valence-electron chi connectivity index (χ0n) is 19.6. The highest BCUT2D eigenvalue weighted by atomic mass is 16.5.